The first-order valence-corrected chi connectivity index (χ1v) is 7.57. The number of aromatic nitrogens is 1. The lowest BCUT2D eigenvalue weighted by Crippen LogP contribution is -2.19. The molecule has 2 aromatic rings. The van der Waals surface area contributed by atoms with E-state index < -0.39 is 0 Å². The van der Waals surface area contributed by atoms with E-state index in [1.54, 1.807) is 0 Å². The summed E-state index contributed by atoms with van der Waals surface area (Å²) in [5, 5.41) is 3.32. The molecule has 0 aliphatic heterocycles. The highest BCUT2D eigenvalue weighted by molar-refractivity contribution is 5.25. The van der Waals surface area contributed by atoms with Crippen LogP contribution < -0.4 is 5.32 Å². The molecule has 0 radical (unpaired) electrons. The molecule has 3 heteroatoms. The van der Waals surface area contributed by atoms with Crippen molar-refractivity contribution in [2.24, 2.45) is 0 Å². The van der Waals surface area contributed by atoms with Gasteiger partial charge in [0.15, 0.2) is 0 Å². The SMILES string of the molecule is CCNCc1cccc(CN(C)Cc2ccccc2C)n1. The average molecular weight is 283 g/mol. The fraction of sp³-hybridized carbons (Fsp3) is 0.389. The summed E-state index contributed by atoms with van der Waals surface area (Å²) in [7, 11) is 2.14. The molecular formula is C18H25N3. The third kappa shape index (κ3) is 4.96. The highest BCUT2D eigenvalue weighted by Gasteiger charge is 2.05. The molecule has 0 bridgehead atoms. The first kappa shape index (κ1) is 15.7. The Hall–Kier alpha value is -1.71. The molecule has 0 amide bonds. The maximum atomic E-state index is 4.71. The van der Waals surface area contributed by atoms with Crippen molar-refractivity contribution in [3.05, 3.63) is 65.0 Å². The van der Waals surface area contributed by atoms with Gasteiger partial charge in [0.1, 0.15) is 0 Å². The van der Waals surface area contributed by atoms with Gasteiger partial charge in [-0.05, 0) is 43.8 Å². The summed E-state index contributed by atoms with van der Waals surface area (Å²) >= 11 is 0. The van der Waals surface area contributed by atoms with Gasteiger partial charge in [-0.1, -0.05) is 37.3 Å². The second kappa shape index (κ2) is 7.91. The van der Waals surface area contributed by atoms with Gasteiger partial charge in [0.05, 0.1) is 11.4 Å². The zero-order valence-electron chi connectivity index (χ0n) is 13.3. The van der Waals surface area contributed by atoms with E-state index in [-0.39, 0.29) is 0 Å². The molecule has 0 saturated heterocycles. The van der Waals surface area contributed by atoms with Crippen LogP contribution in [0.4, 0.5) is 0 Å². The number of aryl methyl sites for hydroxylation is 1. The van der Waals surface area contributed by atoms with Crippen LogP contribution in [0.1, 0.15) is 29.4 Å². The van der Waals surface area contributed by atoms with Gasteiger partial charge in [0.25, 0.3) is 0 Å². The Kier molecular flexibility index (Phi) is 5.90. The summed E-state index contributed by atoms with van der Waals surface area (Å²) in [5.74, 6) is 0. The molecule has 1 aromatic heterocycles. The Balaban J connectivity index is 1.96. The van der Waals surface area contributed by atoms with Crippen LogP contribution in [0.15, 0.2) is 42.5 Å². The van der Waals surface area contributed by atoms with E-state index in [1.165, 1.54) is 11.1 Å². The monoisotopic (exact) mass is 283 g/mol. The zero-order valence-corrected chi connectivity index (χ0v) is 13.3. The van der Waals surface area contributed by atoms with Gasteiger partial charge in [0, 0.05) is 19.6 Å². The van der Waals surface area contributed by atoms with Gasteiger partial charge >= 0.3 is 0 Å². The molecular weight excluding hydrogens is 258 g/mol. The van der Waals surface area contributed by atoms with Crippen LogP contribution in [0, 0.1) is 6.92 Å². The molecule has 0 atom stereocenters. The molecule has 0 saturated carbocycles. The molecule has 112 valence electrons. The van der Waals surface area contributed by atoms with E-state index in [0.29, 0.717) is 0 Å². The lowest BCUT2D eigenvalue weighted by Gasteiger charge is -2.18. The number of hydrogen-bond donors (Lipinski definition) is 1. The summed E-state index contributed by atoms with van der Waals surface area (Å²) in [6.07, 6.45) is 0. The summed E-state index contributed by atoms with van der Waals surface area (Å²) in [4.78, 5) is 7.02. The Morgan fingerprint density at radius 1 is 1.00 bits per heavy atom. The van der Waals surface area contributed by atoms with Gasteiger partial charge < -0.3 is 5.32 Å². The van der Waals surface area contributed by atoms with Crippen LogP contribution in [0.3, 0.4) is 0 Å². The molecule has 1 aromatic carbocycles. The van der Waals surface area contributed by atoms with Gasteiger partial charge in [-0.25, -0.2) is 0 Å². The third-order valence-corrected chi connectivity index (χ3v) is 3.55. The molecule has 3 nitrogen and oxygen atoms in total. The molecule has 2 rings (SSSR count). The summed E-state index contributed by atoms with van der Waals surface area (Å²) in [5.41, 5.74) is 4.96. The molecule has 21 heavy (non-hydrogen) atoms. The van der Waals surface area contributed by atoms with Gasteiger partial charge in [-0.15, -0.1) is 0 Å². The van der Waals surface area contributed by atoms with Crippen molar-refractivity contribution in [1.29, 1.82) is 0 Å². The van der Waals surface area contributed by atoms with Crippen molar-refractivity contribution >= 4 is 0 Å². The van der Waals surface area contributed by atoms with E-state index in [4.69, 9.17) is 4.98 Å². The van der Waals surface area contributed by atoms with Crippen molar-refractivity contribution in [2.75, 3.05) is 13.6 Å². The smallest absolute Gasteiger partial charge is 0.0547 e. The van der Waals surface area contributed by atoms with E-state index in [2.05, 4.69) is 73.6 Å². The van der Waals surface area contributed by atoms with Crippen LogP contribution >= 0.6 is 0 Å². The van der Waals surface area contributed by atoms with Crippen molar-refractivity contribution in [2.45, 2.75) is 33.5 Å². The largest absolute Gasteiger partial charge is 0.311 e. The number of nitrogens with zero attached hydrogens (tertiary/aromatic N) is 2. The van der Waals surface area contributed by atoms with Crippen molar-refractivity contribution < 1.29 is 0 Å². The number of nitrogens with one attached hydrogen (secondary N) is 1. The summed E-state index contributed by atoms with van der Waals surface area (Å²) in [6, 6.07) is 14.8. The van der Waals surface area contributed by atoms with Gasteiger partial charge in [0.2, 0.25) is 0 Å². The standard InChI is InChI=1S/C18H25N3/c1-4-19-12-17-10-7-11-18(20-17)14-21(3)13-16-9-6-5-8-15(16)2/h5-11,19H,4,12-14H2,1-3H3. The fourth-order valence-corrected chi connectivity index (χ4v) is 2.38. The Bertz CT molecular complexity index is 566. The predicted octanol–water partition coefficient (Wildman–Crippen LogP) is 3.13. The summed E-state index contributed by atoms with van der Waals surface area (Å²) < 4.78 is 0. The molecule has 0 aliphatic rings. The Morgan fingerprint density at radius 2 is 1.76 bits per heavy atom. The second-order valence-corrected chi connectivity index (χ2v) is 5.50. The minimum Gasteiger partial charge on any atom is -0.311 e. The number of pyridine rings is 1. The molecule has 0 fully saturated rings. The molecule has 0 aliphatic carbocycles. The van der Waals surface area contributed by atoms with Gasteiger partial charge in [-0.3, -0.25) is 9.88 Å². The van der Waals surface area contributed by atoms with Gasteiger partial charge in [-0.2, -0.15) is 0 Å². The Labute approximate surface area is 128 Å². The molecule has 0 unspecified atom stereocenters. The molecule has 1 N–H and O–H groups in total. The minimum atomic E-state index is 0.839. The van der Waals surface area contributed by atoms with Crippen molar-refractivity contribution in [3.63, 3.8) is 0 Å². The van der Waals surface area contributed by atoms with Crippen LogP contribution in [-0.2, 0) is 19.6 Å². The zero-order chi connectivity index (χ0) is 15.1. The highest BCUT2D eigenvalue weighted by atomic mass is 15.1. The highest BCUT2D eigenvalue weighted by Crippen LogP contribution is 2.11. The van der Waals surface area contributed by atoms with E-state index in [0.717, 1.165) is 37.6 Å². The van der Waals surface area contributed by atoms with Crippen molar-refractivity contribution in [3.8, 4) is 0 Å². The predicted molar refractivity (Wildman–Crippen MR) is 88.0 cm³/mol. The molecule has 1 heterocycles. The maximum Gasteiger partial charge on any atom is 0.0547 e. The minimum absolute atomic E-state index is 0.839. The van der Waals surface area contributed by atoms with E-state index >= 15 is 0 Å². The topological polar surface area (TPSA) is 28.2 Å². The first-order valence-electron chi connectivity index (χ1n) is 7.57. The number of benzene rings is 1. The third-order valence-electron chi connectivity index (χ3n) is 3.55. The average Bonchev–Trinajstić information content (AvgIpc) is 2.48. The molecule has 0 spiro atoms. The van der Waals surface area contributed by atoms with E-state index in [1.807, 2.05) is 0 Å². The first-order chi connectivity index (χ1) is 10.2. The van der Waals surface area contributed by atoms with Crippen LogP contribution in [0.25, 0.3) is 0 Å². The number of hydrogen-bond acceptors (Lipinski definition) is 3. The van der Waals surface area contributed by atoms with E-state index in [9.17, 15) is 0 Å². The Morgan fingerprint density at radius 3 is 2.52 bits per heavy atom. The normalized spacial score (nSPS) is 11.0. The fourth-order valence-electron chi connectivity index (χ4n) is 2.38. The summed E-state index contributed by atoms with van der Waals surface area (Å²) in [6.45, 7) is 7.91. The van der Waals surface area contributed by atoms with Crippen LogP contribution in [0.5, 0.6) is 0 Å². The lowest BCUT2D eigenvalue weighted by molar-refractivity contribution is 0.314. The van der Waals surface area contributed by atoms with Crippen LogP contribution in [0.2, 0.25) is 0 Å². The number of rotatable bonds is 7. The second-order valence-electron chi connectivity index (χ2n) is 5.50. The maximum absolute atomic E-state index is 4.71. The lowest BCUT2D eigenvalue weighted by atomic mass is 10.1. The quantitative estimate of drug-likeness (QED) is 0.846. The van der Waals surface area contributed by atoms with Crippen LogP contribution in [-0.4, -0.2) is 23.5 Å². The van der Waals surface area contributed by atoms with Crippen molar-refractivity contribution in [1.82, 2.24) is 15.2 Å².